The van der Waals surface area contributed by atoms with E-state index in [1.54, 1.807) is 4.88 Å². The van der Waals surface area contributed by atoms with Crippen LogP contribution in [-0.4, -0.2) is 43.5 Å². The van der Waals surface area contributed by atoms with Crippen LogP contribution in [0.4, 0.5) is 0 Å². The Morgan fingerprint density at radius 1 is 1.38 bits per heavy atom. The normalized spacial score (nSPS) is 24.4. The summed E-state index contributed by atoms with van der Waals surface area (Å²) in [6.45, 7) is 6.11. The first-order valence-corrected chi connectivity index (χ1v) is 9.41. The summed E-state index contributed by atoms with van der Waals surface area (Å²) in [5.41, 5.74) is 1.84. The van der Waals surface area contributed by atoms with Crippen molar-refractivity contribution < 1.29 is 4.79 Å². The number of nitrogens with one attached hydrogen (secondary N) is 2. The molecule has 1 saturated heterocycles. The first kappa shape index (κ1) is 20.0. The molecule has 1 aromatic rings. The molecular weight excluding hydrogens is 365 g/mol. The van der Waals surface area contributed by atoms with Crippen LogP contribution in [0.2, 0.25) is 0 Å². The van der Waals surface area contributed by atoms with E-state index in [2.05, 4.69) is 27.0 Å². The summed E-state index contributed by atoms with van der Waals surface area (Å²) in [6, 6.07) is 2.25. The fourth-order valence-corrected chi connectivity index (χ4v) is 5.04. The summed E-state index contributed by atoms with van der Waals surface area (Å²) in [5.74, 6) is 0.592. The van der Waals surface area contributed by atoms with Crippen molar-refractivity contribution in [3.8, 4) is 0 Å². The third-order valence-electron chi connectivity index (χ3n) is 5.72. The second-order valence-corrected chi connectivity index (χ2v) is 8.06. The molecule has 4 rings (SSSR count). The van der Waals surface area contributed by atoms with Crippen molar-refractivity contribution in [2.75, 3.05) is 32.7 Å². The maximum Gasteiger partial charge on any atom is 0.223 e. The molecule has 3 aliphatic rings. The van der Waals surface area contributed by atoms with Crippen LogP contribution >= 0.6 is 36.2 Å². The summed E-state index contributed by atoms with van der Waals surface area (Å²) < 4.78 is 0. The highest BCUT2D eigenvalue weighted by Crippen LogP contribution is 2.58. The maximum absolute atomic E-state index is 12.3. The number of carbonyl (C=O) groups excluding carboxylic acids is 1. The second-order valence-electron chi connectivity index (χ2n) is 7.06. The number of carbonyl (C=O) groups is 1. The van der Waals surface area contributed by atoms with Crippen LogP contribution in [-0.2, 0) is 17.8 Å². The molecule has 1 amide bonds. The minimum absolute atomic E-state index is 0. The van der Waals surface area contributed by atoms with Crippen LogP contribution in [0.15, 0.2) is 11.4 Å². The highest BCUT2D eigenvalue weighted by molar-refractivity contribution is 7.10. The van der Waals surface area contributed by atoms with E-state index in [4.69, 9.17) is 0 Å². The number of amides is 1. The molecule has 0 radical (unpaired) electrons. The average molecular weight is 392 g/mol. The van der Waals surface area contributed by atoms with Gasteiger partial charge in [0, 0.05) is 37.0 Å². The van der Waals surface area contributed by atoms with Gasteiger partial charge in [0.25, 0.3) is 0 Å². The Bertz CT molecular complexity index is 560. The van der Waals surface area contributed by atoms with E-state index >= 15 is 0 Å². The molecule has 7 heteroatoms. The van der Waals surface area contributed by atoms with E-state index in [9.17, 15) is 4.79 Å². The van der Waals surface area contributed by atoms with Gasteiger partial charge in [-0.15, -0.1) is 36.2 Å². The quantitative estimate of drug-likeness (QED) is 0.828. The van der Waals surface area contributed by atoms with Crippen LogP contribution in [0, 0.1) is 11.3 Å². The first-order valence-electron chi connectivity index (χ1n) is 8.53. The van der Waals surface area contributed by atoms with E-state index in [-0.39, 0.29) is 24.8 Å². The minimum atomic E-state index is 0. The van der Waals surface area contributed by atoms with Crippen molar-refractivity contribution in [3.63, 3.8) is 0 Å². The van der Waals surface area contributed by atoms with Crippen LogP contribution in [0.3, 0.4) is 0 Å². The van der Waals surface area contributed by atoms with E-state index in [0.29, 0.717) is 17.2 Å². The predicted octanol–water partition coefficient (Wildman–Crippen LogP) is 2.46. The largest absolute Gasteiger partial charge is 0.355 e. The molecular formula is C17H27Cl2N3OS. The molecule has 4 nitrogen and oxygen atoms in total. The Hall–Kier alpha value is -0.330. The Kier molecular flexibility index (Phi) is 6.97. The standard InChI is InChI=1S/C17H25N3OS.2ClH/c21-16(14-11-17(14)3-5-18-6-4-17)19-7-9-20-8-1-15-13(12-20)2-10-22-15;;/h2,10,14,18H,1,3-9,11-12H2,(H,19,21);2*1H. The second kappa shape index (κ2) is 8.37. The molecule has 2 aliphatic heterocycles. The molecule has 0 bridgehead atoms. The van der Waals surface area contributed by atoms with Gasteiger partial charge in [-0.2, -0.15) is 0 Å². The molecule has 0 aromatic carbocycles. The smallest absolute Gasteiger partial charge is 0.223 e. The SMILES string of the molecule is Cl.Cl.O=C(NCCN1CCc2sccc2C1)C1CC12CCNCC2. The van der Waals surface area contributed by atoms with Gasteiger partial charge >= 0.3 is 0 Å². The van der Waals surface area contributed by atoms with Gasteiger partial charge in [-0.3, -0.25) is 9.69 Å². The summed E-state index contributed by atoms with van der Waals surface area (Å²) in [7, 11) is 0. The summed E-state index contributed by atoms with van der Waals surface area (Å²) in [4.78, 5) is 16.3. The van der Waals surface area contributed by atoms with Crippen molar-refractivity contribution in [1.82, 2.24) is 15.5 Å². The van der Waals surface area contributed by atoms with Gasteiger partial charge < -0.3 is 10.6 Å². The molecule has 1 aliphatic carbocycles. The van der Waals surface area contributed by atoms with Crippen molar-refractivity contribution in [2.45, 2.75) is 32.2 Å². The molecule has 24 heavy (non-hydrogen) atoms. The minimum Gasteiger partial charge on any atom is -0.355 e. The molecule has 2 N–H and O–H groups in total. The number of thiophene rings is 1. The van der Waals surface area contributed by atoms with Gasteiger partial charge in [-0.1, -0.05) is 0 Å². The zero-order chi connectivity index (χ0) is 15.0. The highest BCUT2D eigenvalue weighted by Gasteiger charge is 2.57. The molecule has 1 saturated carbocycles. The van der Waals surface area contributed by atoms with Gasteiger partial charge in [-0.05, 0) is 61.2 Å². The van der Waals surface area contributed by atoms with Crippen LogP contribution in [0.5, 0.6) is 0 Å². The number of halogens is 2. The highest BCUT2D eigenvalue weighted by atomic mass is 35.5. The fourth-order valence-electron chi connectivity index (χ4n) is 4.15. The first-order chi connectivity index (χ1) is 10.8. The lowest BCUT2D eigenvalue weighted by Crippen LogP contribution is -2.39. The summed E-state index contributed by atoms with van der Waals surface area (Å²) in [6.07, 6.45) is 4.64. The van der Waals surface area contributed by atoms with Crippen LogP contribution in [0.1, 0.15) is 29.7 Å². The average Bonchev–Trinajstić information content (AvgIpc) is 3.03. The van der Waals surface area contributed by atoms with Crippen LogP contribution in [0.25, 0.3) is 0 Å². The third kappa shape index (κ3) is 4.07. The Balaban J connectivity index is 0.00000104. The number of fused-ring (bicyclic) bond motifs is 1. The number of piperidine rings is 1. The van der Waals surface area contributed by atoms with E-state index in [1.807, 2.05) is 11.3 Å². The molecule has 3 heterocycles. The lowest BCUT2D eigenvalue weighted by atomic mass is 9.92. The zero-order valence-corrected chi connectivity index (χ0v) is 16.3. The van der Waals surface area contributed by atoms with E-state index < -0.39 is 0 Å². The number of hydrogen-bond donors (Lipinski definition) is 2. The van der Waals surface area contributed by atoms with Gasteiger partial charge in [0.15, 0.2) is 0 Å². The monoisotopic (exact) mass is 391 g/mol. The van der Waals surface area contributed by atoms with Gasteiger partial charge in [0.2, 0.25) is 5.91 Å². The van der Waals surface area contributed by atoms with Gasteiger partial charge in [0.1, 0.15) is 0 Å². The van der Waals surface area contributed by atoms with E-state index in [0.717, 1.165) is 45.7 Å². The lowest BCUT2D eigenvalue weighted by molar-refractivity contribution is -0.123. The predicted molar refractivity (Wildman–Crippen MR) is 103 cm³/mol. The Morgan fingerprint density at radius 2 is 2.17 bits per heavy atom. The van der Waals surface area contributed by atoms with Crippen molar-refractivity contribution >= 4 is 42.1 Å². The Morgan fingerprint density at radius 3 is 2.96 bits per heavy atom. The van der Waals surface area contributed by atoms with Crippen molar-refractivity contribution in [2.24, 2.45) is 11.3 Å². The molecule has 1 atom stereocenters. The molecule has 2 fully saturated rings. The van der Waals surface area contributed by atoms with E-state index in [1.165, 1.54) is 24.8 Å². The van der Waals surface area contributed by atoms with Gasteiger partial charge in [-0.25, -0.2) is 0 Å². The maximum atomic E-state index is 12.3. The van der Waals surface area contributed by atoms with Gasteiger partial charge in [0.05, 0.1) is 0 Å². The Labute approximate surface area is 160 Å². The molecule has 136 valence electrons. The zero-order valence-electron chi connectivity index (χ0n) is 13.9. The number of rotatable bonds is 4. The topological polar surface area (TPSA) is 44.4 Å². The van der Waals surface area contributed by atoms with Crippen LogP contribution < -0.4 is 10.6 Å². The fraction of sp³-hybridized carbons (Fsp3) is 0.706. The third-order valence-corrected chi connectivity index (χ3v) is 6.74. The number of nitrogens with zero attached hydrogens (tertiary/aromatic N) is 1. The molecule has 1 unspecified atom stereocenters. The van der Waals surface area contributed by atoms with Crippen molar-refractivity contribution in [3.05, 3.63) is 21.9 Å². The summed E-state index contributed by atoms with van der Waals surface area (Å²) in [5, 5.41) is 8.77. The molecule has 1 aromatic heterocycles. The lowest BCUT2D eigenvalue weighted by Gasteiger charge is -2.27. The summed E-state index contributed by atoms with van der Waals surface area (Å²) >= 11 is 1.88. The molecule has 1 spiro atoms. The van der Waals surface area contributed by atoms with Crippen molar-refractivity contribution in [1.29, 1.82) is 0 Å². The number of hydrogen-bond acceptors (Lipinski definition) is 4.